The Bertz CT molecular complexity index is 436. The number of ether oxygens (including phenoxy) is 1. The third-order valence-electron chi connectivity index (χ3n) is 4.13. The first-order valence-corrected chi connectivity index (χ1v) is 6.42. The van der Waals surface area contributed by atoms with Gasteiger partial charge in [0.25, 0.3) is 0 Å². The number of rotatable bonds is 3. The van der Waals surface area contributed by atoms with Crippen LogP contribution in [-0.2, 0) is 0 Å². The highest BCUT2D eigenvalue weighted by Crippen LogP contribution is 2.35. The fraction of sp³-hybridized carbons (Fsp3) is 0.571. The molecule has 0 bridgehead atoms. The second-order valence-corrected chi connectivity index (χ2v) is 5.24. The highest BCUT2D eigenvalue weighted by molar-refractivity contribution is 5.62. The molecule has 0 aliphatic heterocycles. The highest BCUT2D eigenvalue weighted by Gasteiger charge is 2.30. The summed E-state index contributed by atoms with van der Waals surface area (Å²) in [7, 11) is 1.54. The zero-order valence-corrected chi connectivity index (χ0v) is 11.2. The Kier molecular flexibility index (Phi) is 3.64. The van der Waals surface area contributed by atoms with Crippen LogP contribution in [0.5, 0.6) is 5.75 Å². The van der Waals surface area contributed by atoms with E-state index in [-0.39, 0.29) is 5.82 Å². The van der Waals surface area contributed by atoms with Crippen LogP contribution in [0, 0.1) is 17.7 Å². The SMILES string of the molecule is COc1cc(NC2CCC(C)C2C)c(F)cc1N. The van der Waals surface area contributed by atoms with Crippen molar-refractivity contribution in [1.82, 2.24) is 0 Å². The number of nitrogens with one attached hydrogen (secondary N) is 1. The smallest absolute Gasteiger partial charge is 0.148 e. The summed E-state index contributed by atoms with van der Waals surface area (Å²) in [6, 6.07) is 3.27. The zero-order chi connectivity index (χ0) is 13.3. The van der Waals surface area contributed by atoms with Gasteiger partial charge in [-0.1, -0.05) is 13.8 Å². The maximum Gasteiger partial charge on any atom is 0.148 e. The number of methoxy groups -OCH3 is 1. The fourth-order valence-electron chi connectivity index (χ4n) is 2.62. The Morgan fingerprint density at radius 1 is 1.33 bits per heavy atom. The number of halogens is 1. The molecule has 1 fully saturated rings. The van der Waals surface area contributed by atoms with Crippen LogP contribution in [0.15, 0.2) is 12.1 Å². The first-order chi connectivity index (χ1) is 8.52. The topological polar surface area (TPSA) is 47.3 Å². The van der Waals surface area contributed by atoms with Gasteiger partial charge in [-0.15, -0.1) is 0 Å². The van der Waals surface area contributed by atoms with Gasteiger partial charge >= 0.3 is 0 Å². The molecule has 100 valence electrons. The highest BCUT2D eigenvalue weighted by atomic mass is 19.1. The van der Waals surface area contributed by atoms with Gasteiger partial charge in [-0.2, -0.15) is 0 Å². The van der Waals surface area contributed by atoms with Crippen molar-refractivity contribution in [3.8, 4) is 5.75 Å². The van der Waals surface area contributed by atoms with E-state index in [9.17, 15) is 4.39 Å². The lowest BCUT2D eigenvalue weighted by atomic mass is 9.97. The van der Waals surface area contributed by atoms with Crippen LogP contribution >= 0.6 is 0 Å². The molecule has 0 radical (unpaired) electrons. The van der Waals surface area contributed by atoms with Gasteiger partial charge in [0.05, 0.1) is 18.5 Å². The molecule has 1 saturated carbocycles. The minimum atomic E-state index is -0.319. The Hall–Kier alpha value is -1.45. The lowest BCUT2D eigenvalue weighted by Gasteiger charge is -2.21. The summed E-state index contributed by atoms with van der Waals surface area (Å²) < 4.78 is 19.0. The van der Waals surface area contributed by atoms with E-state index in [1.54, 1.807) is 6.07 Å². The average Bonchev–Trinajstić information content (AvgIpc) is 2.64. The fourth-order valence-corrected chi connectivity index (χ4v) is 2.62. The van der Waals surface area contributed by atoms with E-state index >= 15 is 0 Å². The molecule has 1 aliphatic rings. The summed E-state index contributed by atoms with van der Waals surface area (Å²) in [5, 5.41) is 3.28. The van der Waals surface area contributed by atoms with E-state index in [1.807, 2.05) is 0 Å². The van der Waals surface area contributed by atoms with Crippen LogP contribution in [0.2, 0.25) is 0 Å². The molecule has 3 N–H and O–H groups in total. The molecule has 18 heavy (non-hydrogen) atoms. The Morgan fingerprint density at radius 2 is 2.06 bits per heavy atom. The molecule has 1 aromatic carbocycles. The van der Waals surface area contributed by atoms with Crippen molar-refractivity contribution in [3.05, 3.63) is 17.9 Å². The van der Waals surface area contributed by atoms with Gasteiger partial charge in [0.1, 0.15) is 11.6 Å². The summed E-state index contributed by atoms with van der Waals surface area (Å²) >= 11 is 0. The van der Waals surface area contributed by atoms with Crippen LogP contribution in [0.1, 0.15) is 26.7 Å². The van der Waals surface area contributed by atoms with Crippen molar-refractivity contribution >= 4 is 11.4 Å². The van der Waals surface area contributed by atoms with Gasteiger partial charge < -0.3 is 15.8 Å². The average molecular weight is 252 g/mol. The van der Waals surface area contributed by atoms with Crippen LogP contribution in [0.4, 0.5) is 15.8 Å². The van der Waals surface area contributed by atoms with Crippen LogP contribution in [-0.4, -0.2) is 13.2 Å². The second-order valence-electron chi connectivity index (χ2n) is 5.24. The quantitative estimate of drug-likeness (QED) is 0.812. The second kappa shape index (κ2) is 5.04. The van der Waals surface area contributed by atoms with Crippen molar-refractivity contribution in [2.75, 3.05) is 18.2 Å². The Morgan fingerprint density at radius 3 is 2.61 bits per heavy atom. The molecule has 0 heterocycles. The summed E-state index contributed by atoms with van der Waals surface area (Å²) in [5.74, 6) is 1.42. The van der Waals surface area contributed by atoms with E-state index in [0.717, 1.165) is 6.42 Å². The Labute approximate surface area is 108 Å². The molecule has 0 saturated heterocycles. The zero-order valence-electron chi connectivity index (χ0n) is 11.2. The van der Waals surface area contributed by atoms with E-state index in [1.165, 1.54) is 19.6 Å². The summed E-state index contributed by atoms with van der Waals surface area (Å²) in [6.45, 7) is 4.45. The van der Waals surface area contributed by atoms with Crippen molar-refractivity contribution in [1.29, 1.82) is 0 Å². The summed E-state index contributed by atoms with van der Waals surface area (Å²) in [5.41, 5.74) is 6.47. The molecule has 0 spiro atoms. The first kappa shape index (κ1) is 13.0. The molecule has 2 rings (SSSR count). The van der Waals surface area contributed by atoms with Gasteiger partial charge in [-0.05, 0) is 24.7 Å². The van der Waals surface area contributed by atoms with E-state index < -0.39 is 0 Å². The third-order valence-corrected chi connectivity index (χ3v) is 4.13. The molecule has 3 atom stereocenters. The van der Waals surface area contributed by atoms with Gasteiger partial charge in [0.15, 0.2) is 0 Å². The Balaban J connectivity index is 2.19. The number of hydrogen-bond donors (Lipinski definition) is 2. The van der Waals surface area contributed by atoms with Crippen LogP contribution < -0.4 is 15.8 Å². The maximum atomic E-state index is 13.8. The van der Waals surface area contributed by atoms with E-state index in [0.29, 0.717) is 35.0 Å². The molecular formula is C14H21FN2O. The van der Waals surface area contributed by atoms with Crippen molar-refractivity contribution in [2.24, 2.45) is 11.8 Å². The molecule has 0 amide bonds. The third kappa shape index (κ3) is 2.37. The molecule has 3 unspecified atom stereocenters. The standard InChI is InChI=1S/C14H21FN2O/c1-8-4-5-12(9(8)2)17-13-7-14(18-3)11(16)6-10(13)15/h6-9,12,17H,4-5,16H2,1-3H3. The van der Waals surface area contributed by atoms with Gasteiger partial charge in [-0.3, -0.25) is 0 Å². The van der Waals surface area contributed by atoms with Gasteiger partial charge in [0.2, 0.25) is 0 Å². The lowest BCUT2D eigenvalue weighted by Crippen LogP contribution is -2.24. The number of hydrogen-bond acceptors (Lipinski definition) is 3. The van der Waals surface area contributed by atoms with Crippen LogP contribution in [0.3, 0.4) is 0 Å². The van der Waals surface area contributed by atoms with Crippen molar-refractivity contribution < 1.29 is 9.13 Å². The number of benzene rings is 1. The minimum absolute atomic E-state index is 0.319. The van der Waals surface area contributed by atoms with E-state index in [2.05, 4.69) is 19.2 Å². The van der Waals surface area contributed by atoms with Gasteiger partial charge in [0, 0.05) is 18.2 Å². The van der Waals surface area contributed by atoms with Crippen LogP contribution in [0.25, 0.3) is 0 Å². The molecular weight excluding hydrogens is 231 g/mol. The monoisotopic (exact) mass is 252 g/mol. The van der Waals surface area contributed by atoms with E-state index in [4.69, 9.17) is 10.5 Å². The molecule has 1 aliphatic carbocycles. The molecule has 0 aromatic heterocycles. The van der Waals surface area contributed by atoms with Crippen molar-refractivity contribution in [3.63, 3.8) is 0 Å². The number of anilines is 2. The lowest BCUT2D eigenvalue weighted by molar-refractivity contribution is 0.415. The van der Waals surface area contributed by atoms with Crippen molar-refractivity contribution in [2.45, 2.75) is 32.7 Å². The molecule has 4 heteroatoms. The maximum absolute atomic E-state index is 13.8. The minimum Gasteiger partial charge on any atom is -0.495 e. The predicted octanol–water partition coefficient (Wildman–Crippen LogP) is 3.26. The number of nitrogen functional groups attached to an aromatic ring is 1. The largest absolute Gasteiger partial charge is 0.495 e. The normalized spacial score (nSPS) is 27.2. The predicted molar refractivity (Wildman–Crippen MR) is 72.3 cm³/mol. The van der Waals surface area contributed by atoms with Gasteiger partial charge in [-0.25, -0.2) is 4.39 Å². The number of nitrogens with two attached hydrogens (primary N) is 1. The molecule has 1 aromatic rings. The molecule has 3 nitrogen and oxygen atoms in total. The summed E-state index contributed by atoms with van der Waals surface area (Å²) in [4.78, 5) is 0. The summed E-state index contributed by atoms with van der Waals surface area (Å²) in [6.07, 6.45) is 2.26. The first-order valence-electron chi connectivity index (χ1n) is 6.42.